The van der Waals surface area contributed by atoms with Crippen LogP contribution < -0.4 is 10.6 Å². The molecule has 1 atom stereocenters. The van der Waals surface area contributed by atoms with Crippen LogP contribution in [0.1, 0.15) is 26.7 Å². The molecule has 1 aliphatic rings. The molecule has 2 heteroatoms. The fourth-order valence-electron chi connectivity index (χ4n) is 1.53. The van der Waals surface area contributed by atoms with Crippen LogP contribution in [0.2, 0.25) is 0 Å². The molecule has 2 nitrogen and oxygen atoms in total. The van der Waals surface area contributed by atoms with Crippen molar-refractivity contribution in [2.75, 3.05) is 13.1 Å². The fourth-order valence-corrected chi connectivity index (χ4v) is 1.53. The van der Waals surface area contributed by atoms with Crippen LogP contribution in [0.3, 0.4) is 0 Å². The smallest absolute Gasteiger partial charge is 0.0743 e. The van der Waals surface area contributed by atoms with Crippen LogP contribution in [0, 0.1) is 12.3 Å². The average Bonchev–Trinajstić information content (AvgIpc) is 2.06. The second-order valence-electron chi connectivity index (χ2n) is 3.96. The SMILES string of the molecule is C#CC(C)(C)NC1CCCNC1. The van der Waals surface area contributed by atoms with Gasteiger partial charge < -0.3 is 5.32 Å². The highest BCUT2D eigenvalue weighted by Gasteiger charge is 2.20. The highest BCUT2D eigenvalue weighted by Crippen LogP contribution is 2.07. The lowest BCUT2D eigenvalue weighted by molar-refractivity contribution is 0.335. The lowest BCUT2D eigenvalue weighted by atomic mass is 10.0. The third-order valence-electron chi connectivity index (χ3n) is 2.22. The Balaban J connectivity index is 2.35. The van der Waals surface area contributed by atoms with Crippen molar-refractivity contribution >= 4 is 0 Å². The Labute approximate surface area is 75.1 Å². The number of piperidine rings is 1. The van der Waals surface area contributed by atoms with Crippen molar-refractivity contribution < 1.29 is 0 Å². The lowest BCUT2D eigenvalue weighted by Gasteiger charge is -2.30. The summed E-state index contributed by atoms with van der Waals surface area (Å²) in [6, 6.07) is 0.546. The van der Waals surface area contributed by atoms with E-state index in [-0.39, 0.29) is 5.54 Å². The van der Waals surface area contributed by atoms with E-state index in [2.05, 4.69) is 16.6 Å². The van der Waals surface area contributed by atoms with Crippen LogP contribution >= 0.6 is 0 Å². The summed E-state index contributed by atoms with van der Waals surface area (Å²) in [6.45, 7) is 6.28. The van der Waals surface area contributed by atoms with Gasteiger partial charge >= 0.3 is 0 Å². The zero-order valence-electron chi connectivity index (χ0n) is 7.98. The first-order valence-corrected chi connectivity index (χ1v) is 4.60. The third kappa shape index (κ3) is 2.84. The molecule has 0 aromatic rings. The van der Waals surface area contributed by atoms with Crippen molar-refractivity contribution in [1.82, 2.24) is 10.6 Å². The van der Waals surface area contributed by atoms with Gasteiger partial charge in [-0.25, -0.2) is 0 Å². The van der Waals surface area contributed by atoms with Crippen LogP contribution in [-0.2, 0) is 0 Å². The predicted molar refractivity (Wildman–Crippen MR) is 51.9 cm³/mol. The first-order chi connectivity index (χ1) is 5.64. The molecular formula is C10H18N2. The lowest BCUT2D eigenvalue weighted by Crippen LogP contribution is -2.51. The average molecular weight is 166 g/mol. The van der Waals surface area contributed by atoms with Gasteiger partial charge in [-0.1, -0.05) is 5.92 Å². The summed E-state index contributed by atoms with van der Waals surface area (Å²) >= 11 is 0. The molecule has 0 radical (unpaired) electrons. The molecule has 0 aromatic heterocycles. The monoisotopic (exact) mass is 166 g/mol. The summed E-state index contributed by atoms with van der Waals surface area (Å²) in [6.07, 6.45) is 7.87. The first kappa shape index (κ1) is 9.57. The quantitative estimate of drug-likeness (QED) is 0.591. The second-order valence-corrected chi connectivity index (χ2v) is 3.96. The van der Waals surface area contributed by atoms with Gasteiger partial charge in [-0.3, -0.25) is 5.32 Å². The number of hydrogen-bond donors (Lipinski definition) is 2. The van der Waals surface area contributed by atoms with E-state index in [1.807, 2.05) is 13.8 Å². The van der Waals surface area contributed by atoms with Gasteiger partial charge in [0.25, 0.3) is 0 Å². The van der Waals surface area contributed by atoms with Crippen molar-refractivity contribution in [2.24, 2.45) is 0 Å². The second kappa shape index (κ2) is 3.93. The maximum absolute atomic E-state index is 5.39. The number of nitrogens with one attached hydrogen (secondary N) is 2. The van der Waals surface area contributed by atoms with Gasteiger partial charge in [-0.15, -0.1) is 6.42 Å². The van der Waals surface area contributed by atoms with Gasteiger partial charge in [-0.2, -0.15) is 0 Å². The maximum atomic E-state index is 5.39. The highest BCUT2D eigenvalue weighted by atomic mass is 15.0. The molecule has 68 valence electrons. The zero-order valence-corrected chi connectivity index (χ0v) is 7.98. The zero-order chi connectivity index (χ0) is 9.03. The molecule has 0 aliphatic carbocycles. The Morgan fingerprint density at radius 1 is 1.58 bits per heavy atom. The summed E-state index contributed by atoms with van der Waals surface area (Å²) in [4.78, 5) is 0. The standard InChI is InChI=1S/C10H18N2/c1-4-10(2,3)12-9-6-5-7-11-8-9/h1,9,11-12H,5-8H2,2-3H3. The van der Waals surface area contributed by atoms with Crippen molar-refractivity contribution in [3.63, 3.8) is 0 Å². The van der Waals surface area contributed by atoms with Gasteiger partial charge in [0, 0.05) is 12.6 Å². The normalized spacial score (nSPS) is 24.9. The molecule has 1 saturated heterocycles. The molecule has 0 spiro atoms. The van der Waals surface area contributed by atoms with E-state index in [1.54, 1.807) is 0 Å². The maximum Gasteiger partial charge on any atom is 0.0743 e. The first-order valence-electron chi connectivity index (χ1n) is 4.60. The van der Waals surface area contributed by atoms with Crippen LogP contribution in [0.25, 0.3) is 0 Å². The Morgan fingerprint density at radius 3 is 2.83 bits per heavy atom. The largest absolute Gasteiger partial charge is 0.315 e. The van der Waals surface area contributed by atoms with Gasteiger partial charge in [0.2, 0.25) is 0 Å². The topological polar surface area (TPSA) is 24.1 Å². The van der Waals surface area contributed by atoms with Crippen molar-refractivity contribution in [1.29, 1.82) is 0 Å². The van der Waals surface area contributed by atoms with E-state index >= 15 is 0 Å². The molecule has 12 heavy (non-hydrogen) atoms. The minimum Gasteiger partial charge on any atom is -0.315 e. The highest BCUT2D eigenvalue weighted by molar-refractivity contribution is 5.08. The molecular weight excluding hydrogens is 148 g/mol. The minimum absolute atomic E-state index is 0.163. The Morgan fingerprint density at radius 2 is 2.33 bits per heavy atom. The minimum atomic E-state index is -0.163. The molecule has 0 amide bonds. The number of terminal acetylenes is 1. The molecule has 1 rings (SSSR count). The Bertz CT molecular complexity index is 173. The van der Waals surface area contributed by atoms with Crippen LogP contribution in [0.5, 0.6) is 0 Å². The van der Waals surface area contributed by atoms with Gasteiger partial charge in [0.1, 0.15) is 0 Å². The van der Waals surface area contributed by atoms with E-state index in [4.69, 9.17) is 6.42 Å². The predicted octanol–water partition coefficient (Wildman–Crippen LogP) is 0.740. The molecule has 1 fully saturated rings. The fraction of sp³-hybridized carbons (Fsp3) is 0.800. The van der Waals surface area contributed by atoms with E-state index < -0.39 is 0 Å². The Kier molecular flexibility index (Phi) is 3.13. The molecule has 1 unspecified atom stereocenters. The van der Waals surface area contributed by atoms with E-state index in [9.17, 15) is 0 Å². The third-order valence-corrected chi connectivity index (χ3v) is 2.22. The van der Waals surface area contributed by atoms with Crippen molar-refractivity contribution in [2.45, 2.75) is 38.3 Å². The molecule has 1 heterocycles. The Hall–Kier alpha value is -0.520. The van der Waals surface area contributed by atoms with E-state index in [0.29, 0.717) is 6.04 Å². The van der Waals surface area contributed by atoms with E-state index in [0.717, 1.165) is 13.1 Å². The van der Waals surface area contributed by atoms with Crippen LogP contribution in [-0.4, -0.2) is 24.7 Å². The van der Waals surface area contributed by atoms with Gasteiger partial charge in [0.05, 0.1) is 5.54 Å². The van der Waals surface area contributed by atoms with Crippen LogP contribution in [0.15, 0.2) is 0 Å². The van der Waals surface area contributed by atoms with Crippen LogP contribution in [0.4, 0.5) is 0 Å². The molecule has 1 aliphatic heterocycles. The van der Waals surface area contributed by atoms with Crippen molar-refractivity contribution in [3.8, 4) is 12.3 Å². The summed E-state index contributed by atoms with van der Waals surface area (Å²) in [5, 5.41) is 6.80. The summed E-state index contributed by atoms with van der Waals surface area (Å²) in [5.41, 5.74) is -0.163. The number of rotatable bonds is 2. The molecule has 2 N–H and O–H groups in total. The summed E-state index contributed by atoms with van der Waals surface area (Å²) in [7, 11) is 0. The molecule has 0 saturated carbocycles. The van der Waals surface area contributed by atoms with Gasteiger partial charge in [0.15, 0.2) is 0 Å². The van der Waals surface area contributed by atoms with Gasteiger partial charge in [-0.05, 0) is 33.2 Å². The number of hydrogen-bond acceptors (Lipinski definition) is 2. The van der Waals surface area contributed by atoms with Crippen molar-refractivity contribution in [3.05, 3.63) is 0 Å². The summed E-state index contributed by atoms with van der Waals surface area (Å²) in [5.74, 6) is 2.75. The molecule has 0 bridgehead atoms. The summed E-state index contributed by atoms with van der Waals surface area (Å²) < 4.78 is 0. The van der Waals surface area contributed by atoms with E-state index in [1.165, 1.54) is 12.8 Å². The molecule has 0 aromatic carbocycles.